The third kappa shape index (κ3) is 6.22. The summed E-state index contributed by atoms with van der Waals surface area (Å²) < 4.78 is 5.62. The van der Waals surface area contributed by atoms with E-state index < -0.39 is 0 Å². The van der Waals surface area contributed by atoms with E-state index in [4.69, 9.17) is 16.3 Å². The highest BCUT2D eigenvalue weighted by atomic mass is 35.5. The molecule has 0 radical (unpaired) electrons. The van der Waals surface area contributed by atoms with E-state index in [9.17, 15) is 9.59 Å². The third-order valence-electron chi connectivity index (χ3n) is 6.12. The van der Waals surface area contributed by atoms with Gasteiger partial charge in [-0.05, 0) is 75.3 Å². The number of nitrogens with zero attached hydrogens (tertiary/aromatic N) is 2. The lowest BCUT2D eigenvalue weighted by Crippen LogP contribution is -2.47. The zero-order valence-corrected chi connectivity index (χ0v) is 20.0. The Morgan fingerprint density at radius 1 is 1.16 bits per heavy atom. The number of likely N-dealkylation sites (tertiary alicyclic amines) is 1. The standard InChI is InChI=1S/C25H32ClN3O3/c1-16(2)15-22(28-24(30)20-5-7-21(26)8-6-20)19-10-13-29(14-11-19)25(31)32-23-9-12-27-18(4)17(23)3/h5-9,12,16,19,22H,10-11,13-15H2,1-4H3,(H,28,30). The molecule has 1 aromatic heterocycles. The number of hydrogen-bond acceptors (Lipinski definition) is 4. The molecular formula is C25H32ClN3O3. The average Bonchev–Trinajstić information content (AvgIpc) is 2.76. The van der Waals surface area contributed by atoms with E-state index in [1.165, 1.54) is 0 Å². The molecule has 1 aliphatic rings. The Balaban J connectivity index is 1.59. The molecule has 1 aromatic carbocycles. The number of carbonyl (C=O) groups excluding carboxylic acids is 2. The quantitative estimate of drug-likeness (QED) is 0.629. The summed E-state index contributed by atoms with van der Waals surface area (Å²) in [5.41, 5.74) is 2.33. The number of halogens is 1. The molecule has 0 saturated carbocycles. The molecule has 0 spiro atoms. The van der Waals surface area contributed by atoms with Gasteiger partial charge >= 0.3 is 6.09 Å². The molecule has 1 unspecified atom stereocenters. The summed E-state index contributed by atoms with van der Waals surface area (Å²) in [6.45, 7) is 9.33. The van der Waals surface area contributed by atoms with Crippen LogP contribution in [0.5, 0.6) is 5.75 Å². The van der Waals surface area contributed by atoms with Gasteiger partial charge in [-0.25, -0.2) is 4.79 Å². The highest BCUT2D eigenvalue weighted by molar-refractivity contribution is 6.30. The van der Waals surface area contributed by atoms with Crippen molar-refractivity contribution in [3.63, 3.8) is 0 Å². The fourth-order valence-electron chi connectivity index (χ4n) is 4.10. The van der Waals surface area contributed by atoms with Crippen molar-refractivity contribution in [1.82, 2.24) is 15.2 Å². The fourth-order valence-corrected chi connectivity index (χ4v) is 4.23. The van der Waals surface area contributed by atoms with Crippen molar-refractivity contribution in [3.8, 4) is 5.75 Å². The van der Waals surface area contributed by atoms with Crippen LogP contribution < -0.4 is 10.1 Å². The minimum absolute atomic E-state index is 0.0569. The molecule has 2 heterocycles. The molecule has 1 N–H and O–H groups in total. The molecule has 1 saturated heterocycles. The Kier molecular flexibility index (Phi) is 8.13. The van der Waals surface area contributed by atoms with Gasteiger partial charge in [0.15, 0.2) is 0 Å². The highest BCUT2D eigenvalue weighted by Crippen LogP contribution is 2.27. The number of piperidine rings is 1. The van der Waals surface area contributed by atoms with Crippen molar-refractivity contribution in [3.05, 3.63) is 58.4 Å². The van der Waals surface area contributed by atoms with Crippen molar-refractivity contribution in [2.24, 2.45) is 11.8 Å². The number of pyridine rings is 1. The van der Waals surface area contributed by atoms with Crippen LogP contribution >= 0.6 is 11.6 Å². The molecular weight excluding hydrogens is 426 g/mol. The lowest BCUT2D eigenvalue weighted by molar-refractivity contribution is 0.0871. The molecule has 0 aliphatic carbocycles. The highest BCUT2D eigenvalue weighted by Gasteiger charge is 2.31. The number of aryl methyl sites for hydroxylation is 1. The maximum atomic E-state index is 12.8. The summed E-state index contributed by atoms with van der Waals surface area (Å²) in [7, 11) is 0. The molecule has 1 atom stereocenters. The Morgan fingerprint density at radius 2 is 1.81 bits per heavy atom. The van der Waals surface area contributed by atoms with Gasteiger partial charge in [-0.2, -0.15) is 0 Å². The van der Waals surface area contributed by atoms with Crippen LogP contribution in [0.2, 0.25) is 5.02 Å². The van der Waals surface area contributed by atoms with Crippen LogP contribution in [0.3, 0.4) is 0 Å². The second-order valence-electron chi connectivity index (χ2n) is 8.93. The van der Waals surface area contributed by atoms with Crippen molar-refractivity contribution in [1.29, 1.82) is 0 Å². The summed E-state index contributed by atoms with van der Waals surface area (Å²) in [6, 6.07) is 8.71. The maximum Gasteiger partial charge on any atom is 0.415 e. The largest absolute Gasteiger partial charge is 0.415 e. The van der Waals surface area contributed by atoms with Gasteiger partial charge in [0, 0.05) is 47.2 Å². The van der Waals surface area contributed by atoms with E-state index in [-0.39, 0.29) is 18.0 Å². The van der Waals surface area contributed by atoms with Crippen LogP contribution in [0.4, 0.5) is 4.79 Å². The fraction of sp³-hybridized carbons (Fsp3) is 0.480. The third-order valence-corrected chi connectivity index (χ3v) is 6.37. The molecule has 7 heteroatoms. The molecule has 1 aliphatic heterocycles. The lowest BCUT2D eigenvalue weighted by Gasteiger charge is -2.36. The number of rotatable bonds is 6. The summed E-state index contributed by atoms with van der Waals surface area (Å²) in [5.74, 6) is 1.23. The van der Waals surface area contributed by atoms with Crippen molar-refractivity contribution >= 4 is 23.6 Å². The van der Waals surface area contributed by atoms with Crippen LogP contribution in [-0.2, 0) is 0 Å². The van der Waals surface area contributed by atoms with E-state index >= 15 is 0 Å². The van der Waals surface area contributed by atoms with Gasteiger partial charge in [-0.15, -0.1) is 0 Å². The van der Waals surface area contributed by atoms with Crippen molar-refractivity contribution in [2.45, 2.75) is 53.0 Å². The number of amides is 2. The van der Waals surface area contributed by atoms with E-state index in [2.05, 4.69) is 24.1 Å². The van der Waals surface area contributed by atoms with Gasteiger partial charge in [0.05, 0.1) is 0 Å². The molecule has 2 amide bonds. The monoisotopic (exact) mass is 457 g/mol. The minimum atomic E-state index is -0.331. The van der Waals surface area contributed by atoms with Crippen molar-refractivity contribution in [2.75, 3.05) is 13.1 Å². The van der Waals surface area contributed by atoms with Gasteiger partial charge in [-0.1, -0.05) is 25.4 Å². The molecule has 172 valence electrons. The number of hydrogen-bond donors (Lipinski definition) is 1. The van der Waals surface area contributed by atoms with Gasteiger partial charge in [0.1, 0.15) is 5.75 Å². The number of benzene rings is 1. The first-order chi connectivity index (χ1) is 15.2. The molecule has 1 fully saturated rings. The summed E-state index contributed by atoms with van der Waals surface area (Å²) in [4.78, 5) is 31.4. The average molecular weight is 458 g/mol. The molecule has 3 rings (SSSR count). The van der Waals surface area contributed by atoms with Crippen LogP contribution in [0, 0.1) is 25.7 Å². The van der Waals surface area contributed by atoms with Crippen LogP contribution in [-0.4, -0.2) is 41.0 Å². The normalized spacial score (nSPS) is 15.5. The summed E-state index contributed by atoms with van der Waals surface area (Å²) in [6.07, 6.45) is 3.85. The van der Waals surface area contributed by atoms with Gasteiger partial charge in [-0.3, -0.25) is 9.78 Å². The predicted molar refractivity (Wildman–Crippen MR) is 126 cm³/mol. The Morgan fingerprint density at radius 3 is 2.44 bits per heavy atom. The molecule has 6 nitrogen and oxygen atoms in total. The van der Waals surface area contributed by atoms with Gasteiger partial charge in [0.25, 0.3) is 5.91 Å². The number of aromatic nitrogens is 1. The predicted octanol–water partition coefficient (Wildman–Crippen LogP) is 5.41. The van der Waals surface area contributed by atoms with Gasteiger partial charge in [0.2, 0.25) is 0 Å². The first-order valence-corrected chi connectivity index (χ1v) is 11.6. The van der Waals surface area contributed by atoms with Crippen LogP contribution in [0.15, 0.2) is 36.5 Å². The lowest BCUT2D eigenvalue weighted by atomic mass is 9.85. The van der Waals surface area contributed by atoms with Crippen LogP contribution in [0.25, 0.3) is 0 Å². The van der Waals surface area contributed by atoms with Crippen molar-refractivity contribution < 1.29 is 14.3 Å². The summed E-state index contributed by atoms with van der Waals surface area (Å²) in [5, 5.41) is 3.84. The minimum Gasteiger partial charge on any atom is -0.410 e. The Hall–Kier alpha value is -2.60. The number of ether oxygens (including phenoxy) is 1. The Bertz CT molecular complexity index is 938. The second kappa shape index (κ2) is 10.8. The first-order valence-electron chi connectivity index (χ1n) is 11.2. The molecule has 2 aromatic rings. The maximum absolute atomic E-state index is 12.8. The zero-order chi connectivity index (χ0) is 23.3. The molecule has 32 heavy (non-hydrogen) atoms. The van der Waals surface area contributed by atoms with Crippen LogP contribution in [0.1, 0.15) is 54.7 Å². The zero-order valence-electron chi connectivity index (χ0n) is 19.2. The smallest absolute Gasteiger partial charge is 0.410 e. The summed E-state index contributed by atoms with van der Waals surface area (Å²) >= 11 is 5.94. The van der Waals surface area contributed by atoms with Gasteiger partial charge < -0.3 is 15.0 Å². The van der Waals surface area contributed by atoms with E-state index in [0.29, 0.717) is 41.3 Å². The molecule has 0 bridgehead atoms. The van der Waals surface area contributed by atoms with E-state index in [0.717, 1.165) is 30.5 Å². The SMILES string of the molecule is Cc1nccc(OC(=O)N2CCC(C(CC(C)C)NC(=O)c3ccc(Cl)cc3)CC2)c1C. The van der Waals surface area contributed by atoms with E-state index in [1.807, 2.05) is 13.8 Å². The van der Waals surface area contributed by atoms with E-state index in [1.54, 1.807) is 41.4 Å². The first kappa shape index (κ1) is 24.1. The second-order valence-corrected chi connectivity index (χ2v) is 9.36. The number of nitrogens with one attached hydrogen (secondary N) is 1. The number of carbonyl (C=O) groups is 2. The Labute approximate surface area is 195 Å². The topological polar surface area (TPSA) is 71.5 Å².